The topological polar surface area (TPSA) is 103 Å². The molecule has 2 heterocycles. The second-order valence-electron chi connectivity index (χ2n) is 6.99. The molecule has 2 aromatic heterocycles. The molecule has 0 aliphatic carbocycles. The molecule has 33 heavy (non-hydrogen) atoms. The van der Waals surface area contributed by atoms with E-state index in [1.165, 1.54) is 4.68 Å². The highest BCUT2D eigenvalue weighted by Crippen LogP contribution is 2.18. The molecule has 0 fully saturated rings. The molecular formula is C23H21ClN6O3. The predicted octanol–water partition coefficient (Wildman–Crippen LogP) is 4.29. The van der Waals surface area contributed by atoms with Crippen LogP contribution < -0.4 is 15.4 Å². The molecule has 168 valence electrons. The van der Waals surface area contributed by atoms with E-state index in [4.69, 9.17) is 16.3 Å². The summed E-state index contributed by atoms with van der Waals surface area (Å²) in [6.45, 7) is 2.62. The number of carbonyl (C=O) groups excluding carboxylic acids is 2. The Morgan fingerprint density at radius 3 is 2.52 bits per heavy atom. The molecule has 2 aromatic carbocycles. The van der Waals surface area contributed by atoms with Crippen LogP contribution in [-0.4, -0.2) is 31.4 Å². The standard InChI is InChI=1S/C23H21ClN6O3/c1-2-30-21(9-11-25-30)23(32)27-18-7-4-6-17(14-18)26-22(31)20-10-12-29(28-20)15-33-19-8-3-5-16(24)13-19/h3-14H,2,15H2,1H3,(H,26,31)(H,27,32). The smallest absolute Gasteiger partial charge is 0.276 e. The van der Waals surface area contributed by atoms with Crippen molar-refractivity contribution < 1.29 is 14.3 Å². The normalized spacial score (nSPS) is 10.6. The van der Waals surface area contributed by atoms with Gasteiger partial charge in [-0.15, -0.1) is 0 Å². The molecule has 0 unspecified atom stereocenters. The number of rotatable bonds is 8. The van der Waals surface area contributed by atoms with Crippen LogP contribution >= 0.6 is 11.6 Å². The van der Waals surface area contributed by atoms with Crippen molar-refractivity contribution in [1.82, 2.24) is 19.6 Å². The molecule has 0 saturated carbocycles. The predicted molar refractivity (Wildman–Crippen MR) is 125 cm³/mol. The van der Waals surface area contributed by atoms with Gasteiger partial charge in [-0.3, -0.25) is 14.3 Å². The minimum absolute atomic E-state index is 0.128. The molecule has 0 bridgehead atoms. The molecule has 0 aliphatic rings. The summed E-state index contributed by atoms with van der Waals surface area (Å²) >= 11 is 5.95. The average Bonchev–Trinajstić information content (AvgIpc) is 3.48. The van der Waals surface area contributed by atoms with Crippen LogP contribution in [0.3, 0.4) is 0 Å². The van der Waals surface area contributed by atoms with E-state index in [-0.39, 0.29) is 24.2 Å². The van der Waals surface area contributed by atoms with E-state index < -0.39 is 0 Å². The lowest BCUT2D eigenvalue weighted by atomic mass is 10.2. The zero-order valence-corrected chi connectivity index (χ0v) is 18.5. The number of aromatic nitrogens is 4. The first kappa shape index (κ1) is 22.1. The fourth-order valence-corrected chi connectivity index (χ4v) is 3.27. The molecule has 4 rings (SSSR count). The van der Waals surface area contributed by atoms with Crippen LogP contribution in [0.4, 0.5) is 11.4 Å². The number of nitrogens with zero attached hydrogens (tertiary/aromatic N) is 4. The van der Waals surface area contributed by atoms with Gasteiger partial charge in [-0.2, -0.15) is 10.2 Å². The van der Waals surface area contributed by atoms with Crippen molar-refractivity contribution in [1.29, 1.82) is 0 Å². The van der Waals surface area contributed by atoms with Gasteiger partial charge in [0.15, 0.2) is 12.4 Å². The number of amides is 2. The van der Waals surface area contributed by atoms with Gasteiger partial charge in [0.05, 0.1) is 0 Å². The number of ether oxygens (including phenoxy) is 1. The largest absolute Gasteiger partial charge is 0.471 e. The van der Waals surface area contributed by atoms with Gasteiger partial charge in [0, 0.05) is 35.3 Å². The van der Waals surface area contributed by atoms with Crippen molar-refractivity contribution in [2.24, 2.45) is 0 Å². The Balaban J connectivity index is 1.36. The minimum Gasteiger partial charge on any atom is -0.471 e. The summed E-state index contributed by atoms with van der Waals surface area (Å²) in [6, 6.07) is 17.1. The Morgan fingerprint density at radius 2 is 1.76 bits per heavy atom. The van der Waals surface area contributed by atoms with Crippen LogP contribution in [0, 0.1) is 0 Å². The molecule has 10 heteroatoms. The highest BCUT2D eigenvalue weighted by atomic mass is 35.5. The van der Waals surface area contributed by atoms with Crippen LogP contribution in [0.25, 0.3) is 0 Å². The number of halogens is 1. The monoisotopic (exact) mass is 464 g/mol. The zero-order valence-electron chi connectivity index (χ0n) is 17.7. The van der Waals surface area contributed by atoms with Crippen LogP contribution in [0.1, 0.15) is 27.9 Å². The number of anilines is 2. The fourth-order valence-electron chi connectivity index (χ4n) is 3.09. The first-order valence-corrected chi connectivity index (χ1v) is 10.6. The second-order valence-corrected chi connectivity index (χ2v) is 7.43. The maximum atomic E-state index is 12.6. The Kier molecular flexibility index (Phi) is 6.70. The van der Waals surface area contributed by atoms with Gasteiger partial charge in [0.1, 0.15) is 11.4 Å². The number of hydrogen-bond donors (Lipinski definition) is 2. The molecular weight excluding hydrogens is 444 g/mol. The first-order chi connectivity index (χ1) is 16.0. The van der Waals surface area contributed by atoms with Crippen molar-refractivity contribution in [3.8, 4) is 5.75 Å². The van der Waals surface area contributed by atoms with E-state index in [9.17, 15) is 9.59 Å². The van der Waals surface area contributed by atoms with Crippen LogP contribution in [0.15, 0.2) is 73.1 Å². The van der Waals surface area contributed by atoms with Crippen molar-refractivity contribution in [3.63, 3.8) is 0 Å². The van der Waals surface area contributed by atoms with Crippen LogP contribution in [0.2, 0.25) is 5.02 Å². The maximum Gasteiger partial charge on any atom is 0.276 e. The SMILES string of the molecule is CCn1nccc1C(=O)Nc1cccc(NC(=O)c2ccn(COc3cccc(Cl)c3)n2)c1. The second kappa shape index (κ2) is 10.0. The Hall–Kier alpha value is -4.11. The molecule has 4 aromatic rings. The highest BCUT2D eigenvalue weighted by molar-refractivity contribution is 6.30. The minimum atomic E-state index is -0.385. The lowest BCUT2D eigenvalue weighted by molar-refractivity contribution is 0.101. The molecule has 2 amide bonds. The summed E-state index contributed by atoms with van der Waals surface area (Å²) in [5, 5.41) is 14.5. The van der Waals surface area contributed by atoms with E-state index in [0.29, 0.717) is 34.4 Å². The fraction of sp³-hybridized carbons (Fsp3) is 0.130. The van der Waals surface area contributed by atoms with Gasteiger partial charge >= 0.3 is 0 Å². The van der Waals surface area contributed by atoms with Crippen molar-refractivity contribution in [2.75, 3.05) is 10.6 Å². The van der Waals surface area contributed by atoms with Gasteiger partial charge in [0.2, 0.25) is 0 Å². The summed E-state index contributed by atoms with van der Waals surface area (Å²) in [4.78, 5) is 25.1. The Morgan fingerprint density at radius 1 is 1.00 bits per heavy atom. The molecule has 2 N–H and O–H groups in total. The van der Waals surface area contributed by atoms with Crippen molar-refractivity contribution in [2.45, 2.75) is 20.2 Å². The van der Waals surface area contributed by atoms with Gasteiger partial charge in [-0.05, 0) is 55.5 Å². The molecule has 0 saturated heterocycles. The van der Waals surface area contributed by atoms with Gasteiger partial charge < -0.3 is 15.4 Å². The average molecular weight is 465 g/mol. The third kappa shape index (κ3) is 5.58. The zero-order chi connectivity index (χ0) is 23.2. The van der Waals surface area contributed by atoms with Gasteiger partial charge in [-0.1, -0.05) is 23.7 Å². The van der Waals surface area contributed by atoms with E-state index in [2.05, 4.69) is 20.8 Å². The third-order valence-corrected chi connectivity index (χ3v) is 4.89. The molecule has 0 atom stereocenters. The van der Waals surface area contributed by atoms with Crippen LogP contribution in [0.5, 0.6) is 5.75 Å². The number of hydrogen-bond acceptors (Lipinski definition) is 5. The molecule has 0 radical (unpaired) electrons. The molecule has 0 aliphatic heterocycles. The third-order valence-electron chi connectivity index (χ3n) is 4.66. The number of carbonyl (C=O) groups is 2. The maximum absolute atomic E-state index is 12.6. The lowest BCUT2D eigenvalue weighted by Crippen LogP contribution is -2.18. The summed E-state index contributed by atoms with van der Waals surface area (Å²) in [6.07, 6.45) is 3.22. The summed E-state index contributed by atoms with van der Waals surface area (Å²) in [7, 11) is 0. The van der Waals surface area contributed by atoms with Gasteiger partial charge in [-0.25, -0.2) is 4.68 Å². The van der Waals surface area contributed by atoms with E-state index in [1.54, 1.807) is 77.7 Å². The summed E-state index contributed by atoms with van der Waals surface area (Å²) < 4.78 is 8.73. The van der Waals surface area contributed by atoms with E-state index in [1.807, 2.05) is 6.92 Å². The van der Waals surface area contributed by atoms with Crippen LogP contribution in [-0.2, 0) is 13.3 Å². The number of nitrogens with one attached hydrogen (secondary N) is 2. The van der Waals surface area contributed by atoms with E-state index in [0.717, 1.165) is 0 Å². The number of benzene rings is 2. The van der Waals surface area contributed by atoms with Gasteiger partial charge in [0.25, 0.3) is 11.8 Å². The Bertz CT molecular complexity index is 1280. The summed E-state index contributed by atoms with van der Waals surface area (Å²) in [5.41, 5.74) is 1.75. The molecule has 9 nitrogen and oxygen atoms in total. The van der Waals surface area contributed by atoms with Crippen molar-refractivity contribution >= 4 is 34.8 Å². The molecule has 0 spiro atoms. The highest BCUT2D eigenvalue weighted by Gasteiger charge is 2.13. The summed E-state index contributed by atoms with van der Waals surface area (Å²) in [5.74, 6) is -0.0647. The quantitative estimate of drug-likeness (QED) is 0.405. The van der Waals surface area contributed by atoms with E-state index >= 15 is 0 Å². The lowest BCUT2D eigenvalue weighted by Gasteiger charge is -2.09. The number of aryl methyl sites for hydroxylation is 1. The first-order valence-electron chi connectivity index (χ1n) is 10.2. The van der Waals surface area contributed by atoms with Crippen molar-refractivity contribution in [3.05, 3.63) is 89.5 Å². The Labute approximate surface area is 194 Å².